The summed E-state index contributed by atoms with van der Waals surface area (Å²) in [6.45, 7) is 3.24. The van der Waals surface area contributed by atoms with Crippen molar-refractivity contribution >= 4 is 12.4 Å². The zero-order valence-corrected chi connectivity index (χ0v) is 7.32. The molecule has 0 unspecified atom stereocenters. The quantitative estimate of drug-likeness (QED) is 0.629. The molecule has 0 fully saturated rings. The van der Waals surface area contributed by atoms with E-state index in [1.807, 2.05) is 0 Å². The van der Waals surface area contributed by atoms with Crippen molar-refractivity contribution in [1.82, 2.24) is 5.32 Å². The van der Waals surface area contributed by atoms with Gasteiger partial charge in [-0.25, -0.2) is 0 Å². The van der Waals surface area contributed by atoms with Crippen LogP contribution in [0.3, 0.4) is 0 Å². The normalized spacial score (nSPS) is 20.6. The fourth-order valence-corrected chi connectivity index (χ4v) is 1.49. The first-order valence-corrected chi connectivity index (χ1v) is 3.69. The monoisotopic (exact) mass is 169 g/mol. The number of nitrogens with one attached hydrogen (secondary N) is 1. The molecule has 1 aromatic carbocycles. The number of rotatable bonds is 0. The van der Waals surface area contributed by atoms with E-state index in [1.165, 1.54) is 11.1 Å². The van der Waals surface area contributed by atoms with Gasteiger partial charge in [-0.15, -0.1) is 12.4 Å². The Morgan fingerprint density at radius 3 is 2.82 bits per heavy atom. The van der Waals surface area contributed by atoms with Gasteiger partial charge < -0.3 is 5.32 Å². The second-order valence-corrected chi connectivity index (χ2v) is 2.80. The minimum atomic E-state index is 0. The number of benzene rings is 1. The Balaban J connectivity index is 0.000000605. The third kappa shape index (κ3) is 1.39. The molecule has 1 aromatic rings. The van der Waals surface area contributed by atoms with Gasteiger partial charge in [-0.1, -0.05) is 24.3 Å². The van der Waals surface area contributed by atoms with Gasteiger partial charge in [0.15, 0.2) is 0 Å². The van der Waals surface area contributed by atoms with Crippen molar-refractivity contribution in [2.45, 2.75) is 19.5 Å². The van der Waals surface area contributed by atoms with Crippen LogP contribution < -0.4 is 5.32 Å². The maximum Gasteiger partial charge on any atom is 0.0298 e. The summed E-state index contributed by atoms with van der Waals surface area (Å²) in [4.78, 5) is 0. The number of hydrogen-bond donors (Lipinski definition) is 1. The van der Waals surface area contributed by atoms with Crippen molar-refractivity contribution in [2.24, 2.45) is 0 Å². The van der Waals surface area contributed by atoms with E-state index in [2.05, 4.69) is 36.5 Å². The molecule has 11 heavy (non-hydrogen) atoms. The van der Waals surface area contributed by atoms with E-state index in [4.69, 9.17) is 0 Å². The highest BCUT2D eigenvalue weighted by atomic mass is 35.5. The van der Waals surface area contributed by atoms with E-state index in [9.17, 15) is 0 Å². The van der Waals surface area contributed by atoms with E-state index >= 15 is 0 Å². The molecule has 2 rings (SSSR count). The molecule has 0 bridgehead atoms. The number of halogens is 1. The van der Waals surface area contributed by atoms with E-state index in [-0.39, 0.29) is 12.4 Å². The molecule has 1 N–H and O–H groups in total. The second-order valence-electron chi connectivity index (χ2n) is 2.80. The Morgan fingerprint density at radius 2 is 2.09 bits per heavy atom. The highest BCUT2D eigenvalue weighted by Gasteiger charge is 2.15. The molecule has 0 spiro atoms. The van der Waals surface area contributed by atoms with Gasteiger partial charge in [0.1, 0.15) is 0 Å². The van der Waals surface area contributed by atoms with Gasteiger partial charge in [0.05, 0.1) is 0 Å². The Kier molecular flexibility index (Phi) is 2.53. The summed E-state index contributed by atoms with van der Waals surface area (Å²) in [5.41, 5.74) is 2.91. The minimum absolute atomic E-state index is 0. The van der Waals surface area contributed by atoms with Crippen molar-refractivity contribution in [2.75, 3.05) is 0 Å². The van der Waals surface area contributed by atoms with Crippen molar-refractivity contribution in [3.05, 3.63) is 35.4 Å². The smallest absolute Gasteiger partial charge is 0.0298 e. The van der Waals surface area contributed by atoms with Crippen molar-refractivity contribution in [3.63, 3.8) is 0 Å². The Bertz CT molecular complexity index is 247. The Labute approximate surface area is 73.2 Å². The van der Waals surface area contributed by atoms with Crippen LogP contribution in [0.25, 0.3) is 0 Å². The Hall–Kier alpha value is -0.530. The summed E-state index contributed by atoms with van der Waals surface area (Å²) in [6, 6.07) is 9.13. The van der Waals surface area contributed by atoms with Crippen LogP contribution in [-0.4, -0.2) is 0 Å². The summed E-state index contributed by atoms with van der Waals surface area (Å²) < 4.78 is 0. The van der Waals surface area contributed by atoms with E-state index in [0.717, 1.165) is 6.54 Å². The molecule has 1 heterocycles. The topological polar surface area (TPSA) is 12.0 Å². The molecule has 1 aliphatic heterocycles. The molecule has 1 atom stereocenters. The summed E-state index contributed by atoms with van der Waals surface area (Å²) in [5.74, 6) is 0. The summed E-state index contributed by atoms with van der Waals surface area (Å²) in [6.07, 6.45) is 0. The molecule has 0 aromatic heterocycles. The number of fused-ring (bicyclic) bond motifs is 1. The van der Waals surface area contributed by atoms with Gasteiger partial charge in [0.25, 0.3) is 0 Å². The molecule has 1 nitrogen and oxygen atoms in total. The highest BCUT2D eigenvalue weighted by Crippen LogP contribution is 2.23. The fraction of sp³-hybridized carbons (Fsp3) is 0.333. The maximum absolute atomic E-state index is 3.38. The third-order valence-corrected chi connectivity index (χ3v) is 2.12. The molecule has 0 radical (unpaired) electrons. The summed E-state index contributed by atoms with van der Waals surface area (Å²) >= 11 is 0. The second kappa shape index (κ2) is 3.24. The zero-order valence-electron chi connectivity index (χ0n) is 6.50. The van der Waals surface area contributed by atoms with Crippen molar-refractivity contribution in [3.8, 4) is 0 Å². The van der Waals surface area contributed by atoms with Gasteiger partial charge in [0.2, 0.25) is 0 Å². The van der Waals surface area contributed by atoms with Gasteiger partial charge in [-0.2, -0.15) is 0 Å². The van der Waals surface area contributed by atoms with Crippen molar-refractivity contribution < 1.29 is 0 Å². The maximum atomic E-state index is 3.38. The van der Waals surface area contributed by atoms with Crippen LogP contribution in [0.4, 0.5) is 0 Å². The lowest BCUT2D eigenvalue weighted by Gasteiger charge is -2.01. The van der Waals surface area contributed by atoms with Gasteiger partial charge in [0, 0.05) is 12.6 Å². The lowest BCUT2D eigenvalue weighted by Crippen LogP contribution is -2.06. The van der Waals surface area contributed by atoms with Gasteiger partial charge in [-0.3, -0.25) is 0 Å². The van der Waals surface area contributed by atoms with Crippen LogP contribution in [0.15, 0.2) is 24.3 Å². The fourth-order valence-electron chi connectivity index (χ4n) is 1.49. The predicted molar refractivity (Wildman–Crippen MR) is 48.9 cm³/mol. The van der Waals surface area contributed by atoms with E-state index < -0.39 is 0 Å². The standard InChI is InChI=1S/C9H11N.ClH/c1-7-9-5-3-2-4-8(9)6-10-7;/h2-5,7,10H,6H2,1H3;1H/t7-;/m0./s1. The molecule has 0 amide bonds. The largest absolute Gasteiger partial charge is 0.306 e. The molecule has 60 valence electrons. The van der Waals surface area contributed by atoms with Crippen LogP contribution in [0, 0.1) is 0 Å². The van der Waals surface area contributed by atoms with Crippen LogP contribution in [0.2, 0.25) is 0 Å². The van der Waals surface area contributed by atoms with Crippen LogP contribution in [0.1, 0.15) is 24.1 Å². The summed E-state index contributed by atoms with van der Waals surface area (Å²) in [5, 5.41) is 3.38. The molecule has 0 saturated heterocycles. The van der Waals surface area contributed by atoms with Crippen molar-refractivity contribution in [1.29, 1.82) is 0 Å². The van der Waals surface area contributed by atoms with Gasteiger partial charge >= 0.3 is 0 Å². The lowest BCUT2D eigenvalue weighted by atomic mass is 10.1. The van der Waals surface area contributed by atoms with Crippen LogP contribution >= 0.6 is 12.4 Å². The first kappa shape index (κ1) is 8.57. The average Bonchev–Trinajstić information content (AvgIpc) is 2.34. The molecule has 0 aliphatic carbocycles. The average molecular weight is 170 g/mol. The SMILES string of the molecule is C[C@@H]1NCc2ccccc21.Cl. The molecular formula is C9H12ClN. The van der Waals surface area contributed by atoms with E-state index in [1.54, 1.807) is 0 Å². The predicted octanol–water partition coefficient (Wildman–Crippen LogP) is 2.27. The van der Waals surface area contributed by atoms with E-state index in [0.29, 0.717) is 6.04 Å². The molecule has 1 aliphatic rings. The molecular weight excluding hydrogens is 158 g/mol. The number of hydrogen-bond acceptors (Lipinski definition) is 1. The summed E-state index contributed by atoms with van der Waals surface area (Å²) in [7, 11) is 0. The lowest BCUT2D eigenvalue weighted by molar-refractivity contribution is 0.633. The highest BCUT2D eigenvalue weighted by molar-refractivity contribution is 5.85. The van der Waals surface area contributed by atoms with Crippen LogP contribution in [-0.2, 0) is 6.54 Å². The first-order valence-electron chi connectivity index (χ1n) is 3.69. The third-order valence-electron chi connectivity index (χ3n) is 2.12. The zero-order chi connectivity index (χ0) is 6.97. The van der Waals surface area contributed by atoms with Crippen LogP contribution in [0.5, 0.6) is 0 Å². The molecule has 0 saturated carbocycles. The first-order chi connectivity index (χ1) is 4.88. The van der Waals surface area contributed by atoms with Gasteiger partial charge in [-0.05, 0) is 18.1 Å². The minimum Gasteiger partial charge on any atom is -0.306 e. The Morgan fingerprint density at radius 1 is 1.36 bits per heavy atom. The molecule has 2 heteroatoms.